The average Bonchev–Trinajstić information content (AvgIpc) is 3.04. The molecule has 0 radical (unpaired) electrons. The zero-order valence-electron chi connectivity index (χ0n) is 11.7. The summed E-state index contributed by atoms with van der Waals surface area (Å²) in [5.74, 6) is -1.37. The third-order valence-electron chi connectivity index (χ3n) is 3.97. The predicted molar refractivity (Wildman–Crippen MR) is 76.2 cm³/mol. The maximum Gasteiger partial charge on any atom is 0.306 e. The highest BCUT2D eigenvalue weighted by atomic mass is 16.4. The van der Waals surface area contributed by atoms with E-state index >= 15 is 0 Å². The second-order valence-corrected chi connectivity index (χ2v) is 5.61. The van der Waals surface area contributed by atoms with Crippen molar-refractivity contribution in [2.24, 2.45) is 5.92 Å². The van der Waals surface area contributed by atoms with Crippen molar-refractivity contribution in [1.82, 2.24) is 14.7 Å². The van der Waals surface area contributed by atoms with Gasteiger partial charge >= 0.3 is 5.97 Å². The highest BCUT2D eigenvalue weighted by Gasteiger charge is 2.31. The number of imidazole rings is 1. The van der Waals surface area contributed by atoms with E-state index in [2.05, 4.69) is 10.3 Å². The molecule has 1 fully saturated rings. The number of amides is 1. The van der Waals surface area contributed by atoms with Gasteiger partial charge in [-0.1, -0.05) is 0 Å². The first-order chi connectivity index (χ1) is 10.0. The molecular weight excluding hydrogens is 270 g/mol. The van der Waals surface area contributed by atoms with Crippen LogP contribution in [0.15, 0.2) is 24.5 Å². The van der Waals surface area contributed by atoms with Gasteiger partial charge in [0.05, 0.1) is 5.92 Å². The lowest BCUT2D eigenvalue weighted by Crippen LogP contribution is -2.33. The third-order valence-corrected chi connectivity index (χ3v) is 3.97. The van der Waals surface area contributed by atoms with E-state index < -0.39 is 5.97 Å². The Bertz CT molecular complexity index is 707. The number of hydrogen-bond donors (Lipinski definition) is 2. The molecule has 0 saturated heterocycles. The van der Waals surface area contributed by atoms with Crippen molar-refractivity contribution in [3.63, 3.8) is 0 Å². The molecule has 0 unspecified atom stereocenters. The molecule has 2 N–H and O–H groups in total. The second kappa shape index (κ2) is 5.20. The lowest BCUT2D eigenvalue weighted by molar-refractivity contribution is -0.141. The first kappa shape index (κ1) is 13.6. The van der Waals surface area contributed by atoms with Gasteiger partial charge in [0.15, 0.2) is 0 Å². The highest BCUT2D eigenvalue weighted by molar-refractivity contribution is 5.93. The van der Waals surface area contributed by atoms with Gasteiger partial charge in [0.2, 0.25) is 0 Å². The number of carbonyl (C=O) groups excluding carboxylic acids is 1. The minimum absolute atomic E-state index is 0.0786. The van der Waals surface area contributed by atoms with Gasteiger partial charge in [0.1, 0.15) is 11.3 Å². The first-order valence-electron chi connectivity index (χ1n) is 7.02. The van der Waals surface area contributed by atoms with Gasteiger partial charge in [0, 0.05) is 18.4 Å². The number of nitrogens with zero attached hydrogens (tertiary/aromatic N) is 2. The minimum atomic E-state index is -0.782. The molecule has 2 aromatic rings. The fraction of sp³-hybridized carbons (Fsp3) is 0.400. The van der Waals surface area contributed by atoms with Crippen molar-refractivity contribution in [1.29, 1.82) is 0 Å². The Hall–Kier alpha value is -2.37. The van der Waals surface area contributed by atoms with Crippen LogP contribution in [0.25, 0.3) is 5.65 Å². The molecule has 1 aliphatic rings. The van der Waals surface area contributed by atoms with Gasteiger partial charge in [-0.2, -0.15) is 0 Å². The molecule has 0 aromatic carbocycles. The lowest BCUT2D eigenvalue weighted by atomic mass is 10.1. The summed E-state index contributed by atoms with van der Waals surface area (Å²) >= 11 is 0. The number of carboxylic acids is 1. The molecule has 2 aromatic heterocycles. The first-order valence-corrected chi connectivity index (χ1v) is 7.02. The number of pyridine rings is 1. The van der Waals surface area contributed by atoms with E-state index in [1.54, 1.807) is 10.6 Å². The zero-order chi connectivity index (χ0) is 15.0. The van der Waals surface area contributed by atoms with E-state index in [1.807, 2.05) is 25.3 Å². The topological polar surface area (TPSA) is 83.7 Å². The number of hydrogen-bond acceptors (Lipinski definition) is 3. The number of fused-ring (bicyclic) bond motifs is 1. The van der Waals surface area contributed by atoms with Crippen LogP contribution in [0.1, 0.15) is 35.3 Å². The van der Waals surface area contributed by atoms with E-state index in [9.17, 15) is 9.59 Å². The normalized spacial score (nSPS) is 21.6. The van der Waals surface area contributed by atoms with E-state index in [1.165, 1.54) is 0 Å². The van der Waals surface area contributed by atoms with Crippen LogP contribution in [0.2, 0.25) is 0 Å². The molecule has 1 aliphatic carbocycles. The van der Waals surface area contributed by atoms with E-state index in [0.717, 1.165) is 11.2 Å². The molecule has 0 bridgehead atoms. The van der Waals surface area contributed by atoms with E-state index in [0.29, 0.717) is 25.0 Å². The molecular formula is C15H17N3O3. The number of carboxylic acid groups (broad SMARTS) is 1. The molecule has 1 amide bonds. The van der Waals surface area contributed by atoms with Crippen LogP contribution in [0.5, 0.6) is 0 Å². The largest absolute Gasteiger partial charge is 0.481 e. The van der Waals surface area contributed by atoms with Crippen LogP contribution in [0.3, 0.4) is 0 Å². The third kappa shape index (κ3) is 2.74. The zero-order valence-corrected chi connectivity index (χ0v) is 11.7. The number of nitrogens with one attached hydrogen (secondary N) is 1. The molecule has 1 saturated carbocycles. The quantitative estimate of drug-likeness (QED) is 0.898. The Morgan fingerprint density at radius 2 is 2.24 bits per heavy atom. The Labute approximate surface area is 121 Å². The molecule has 21 heavy (non-hydrogen) atoms. The minimum Gasteiger partial charge on any atom is -0.481 e. The average molecular weight is 287 g/mol. The molecule has 3 rings (SSSR count). The van der Waals surface area contributed by atoms with Crippen LogP contribution in [0, 0.1) is 12.8 Å². The van der Waals surface area contributed by atoms with Gasteiger partial charge in [-0.05, 0) is 43.9 Å². The highest BCUT2D eigenvalue weighted by Crippen LogP contribution is 2.25. The molecule has 0 spiro atoms. The molecule has 0 aliphatic heterocycles. The number of aliphatic carboxylic acids is 1. The SMILES string of the molecule is Cc1ccn2cc(C(=O)N[C@@H]3CC[C@H](C(=O)O)C3)nc2c1. The fourth-order valence-corrected chi connectivity index (χ4v) is 2.79. The second-order valence-electron chi connectivity index (χ2n) is 5.61. The number of aromatic nitrogens is 2. The molecule has 6 heteroatoms. The van der Waals surface area contributed by atoms with Gasteiger partial charge in [-0.25, -0.2) is 4.98 Å². The van der Waals surface area contributed by atoms with Crippen LogP contribution < -0.4 is 5.32 Å². The predicted octanol–water partition coefficient (Wildman–Crippen LogP) is 1.63. The lowest BCUT2D eigenvalue weighted by Gasteiger charge is -2.10. The van der Waals surface area contributed by atoms with Crippen molar-refractivity contribution in [2.45, 2.75) is 32.2 Å². The summed E-state index contributed by atoms with van der Waals surface area (Å²) in [6, 6.07) is 3.78. The van der Waals surface area contributed by atoms with E-state index in [4.69, 9.17) is 5.11 Å². The summed E-state index contributed by atoms with van der Waals surface area (Å²) in [6.45, 7) is 1.97. The standard InChI is InChI=1S/C15H17N3O3/c1-9-4-5-18-8-12(17-13(18)6-9)14(19)16-11-3-2-10(7-11)15(20)21/h4-6,8,10-11H,2-3,7H2,1H3,(H,16,19)(H,20,21)/t10-,11+/m0/s1. The summed E-state index contributed by atoms with van der Waals surface area (Å²) in [7, 11) is 0. The summed E-state index contributed by atoms with van der Waals surface area (Å²) < 4.78 is 1.80. The summed E-state index contributed by atoms with van der Waals surface area (Å²) in [6.07, 6.45) is 5.37. The maximum atomic E-state index is 12.2. The monoisotopic (exact) mass is 287 g/mol. The summed E-state index contributed by atoms with van der Waals surface area (Å²) in [4.78, 5) is 27.4. The Kier molecular flexibility index (Phi) is 3.37. The smallest absolute Gasteiger partial charge is 0.306 e. The van der Waals surface area contributed by atoms with Crippen LogP contribution in [0.4, 0.5) is 0 Å². The van der Waals surface area contributed by atoms with Crippen molar-refractivity contribution in [2.75, 3.05) is 0 Å². The van der Waals surface area contributed by atoms with Crippen molar-refractivity contribution in [3.8, 4) is 0 Å². The Morgan fingerprint density at radius 3 is 2.95 bits per heavy atom. The Morgan fingerprint density at radius 1 is 1.43 bits per heavy atom. The molecule has 2 heterocycles. The summed E-state index contributed by atoms with van der Waals surface area (Å²) in [5, 5.41) is 11.9. The van der Waals surface area contributed by atoms with Crippen molar-refractivity contribution >= 4 is 17.5 Å². The number of rotatable bonds is 3. The Balaban J connectivity index is 1.71. The van der Waals surface area contributed by atoms with Crippen molar-refractivity contribution < 1.29 is 14.7 Å². The molecule has 2 atom stereocenters. The van der Waals surface area contributed by atoms with Gasteiger partial charge in [-0.3, -0.25) is 9.59 Å². The fourth-order valence-electron chi connectivity index (χ4n) is 2.79. The molecule has 110 valence electrons. The maximum absolute atomic E-state index is 12.2. The summed E-state index contributed by atoms with van der Waals surface area (Å²) in [5.41, 5.74) is 2.18. The van der Waals surface area contributed by atoms with Gasteiger partial charge in [-0.15, -0.1) is 0 Å². The van der Waals surface area contributed by atoms with E-state index in [-0.39, 0.29) is 17.9 Å². The van der Waals surface area contributed by atoms with Crippen molar-refractivity contribution in [3.05, 3.63) is 35.8 Å². The van der Waals surface area contributed by atoms with Crippen LogP contribution >= 0.6 is 0 Å². The number of aryl methyl sites for hydroxylation is 1. The van der Waals surface area contributed by atoms with Crippen LogP contribution in [-0.4, -0.2) is 32.4 Å². The van der Waals surface area contributed by atoms with Gasteiger partial charge < -0.3 is 14.8 Å². The van der Waals surface area contributed by atoms with Crippen LogP contribution in [-0.2, 0) is 4.79 Å². The number of carbonyl (C=O) groups is 2. The van der Waals surface area contributed by atoms with Gasteiger partial charge in [0.25, 0.3) is 5.91 Å². The molecule has 6 nitrogen and oxygen atoms in total.